The van der Waals surface area contributed by atoms with Crippen LogP contribution in [0.15, 0.2) is 48.8 Å². The lowest BCUT2D eigenvalue weighted by molar-refractivity contribution is -0.0362. The molecule has 2 saturated heterocycles. The number of ether oxygens (including phenoxy) is 1. The monoisotopic (exact) mass is 365 g/mol. The Morgan fingerprint density at radius 1 is 1.15 bits per heavy atom. The molecule has 1 aromatic heterocycles. The van der Waals surface area contributed by atoms with Crippen molar-refractivity contribution >= 4 is 6.03 Å². The number of aryl methyl sites for hydroxylation is 1. The number of pyridine rings is 1. The molecule has 0 unspecified atom stereocenters. The molecule has 1 atom stereocenters. The van der Waals surface area contributed by atoms with Gasteiger partial charge in [-0.25, -0.2) is 4.79 Å². The fourth-order valence-electron chi connectivity index (χ4n) is 4.29. The smallest absolute Gasteiger partial charge is 0.318 e. The van der Waals surface area contributed by atoms with E-state index in [1.807, 2.05) is 29.2 Å². The highest BCUT2D eigenvalue weighted by Gasteiger charge is 2.39. The fourth-order valence-corrected chi connectivity index (χ4v) is 4.29. The first-order valence-electron chi connectivity index (χ1n) is 9.82. The lowest BCUT2D eigenvalue weighted by Crippen LogP contribution is -2.50. The van der Waals surface area contributed by atoms with E-state index in [0.29, 0.717) is 0 Å². The van der Waals surface area contributed by atoms with Crippen LogP contribution < -0.4 is 5.32 Å². The summed E-state index contributed by atoms with van der Waals surface area (Å²) in [4.78, 5) is 19.1. The van der Waals surface area contributed by atoms with Crippen molar-refractivity contribution in [2.75, 3.05) is 19.7 Å². The zero-order valence-electron chi connectivity index (χ0n) is 15.9. The summed E-state index contributed by atoms with van der Waals surface area (Å²) in [6.45, 7) is 4.45. The van der Waals surface area contributed by atoms with Crippen LogP contribution in [0.3, 0.4) is 0 Å². The Labute approximate surface area is 160 Å². The van der Waals surface area contributed by atoms with Crippen molar-refractivity contribution in [1.82, 2.24) is 15.2 Å². The number of piperidine rings is 1. The number of aromatic nitrogens is 1. The molecule has 5 heteroatoms. The quantitative estimate of drug-likeness (QED) is 0.899. The van der Waals surface area contributed by atoms with Crippen molar-refractivity contribution in [2.45, 2.75) is 44.2 Å². The van der Waals surface area contributed by atoms with Crippen LogP contribution in [-0.2, 0) is 4.74 Å². The minimum absolute atomic E-state index is 0.00656. The number of nitrogens with one attached hydrogen (secondary N) is 1. The number of amides is 2. The molecular formula is C22H27N3O2. The Morgan fingerprint density at radius 2 is 1.89 bits per heavy atom. The van der Waals surface area contributed by atoms with E-state index in [0.717, 1.165) is 62.1 Å². The molecule has 142 valence electrons. The van der Waals surface area contributed by atoms with Crippen LogP contribution in [0.4, 0.5) is 4.79 Å². The van der Waals surface area contributed by atoms with Gasteiger partial charge in [0.05, 0.1) is 11.6 Å². The number of nitrogens with zero attached hydrogens (tertiary/aromatic N) is 2. The van der Waals surface area contributed by atoms with Gasteiger partial charge in [-0.15, -0.1) is 0 Å². The Balaban J connectivity index is 1.50. The van der Waals surface area contributed by atoms with Gasteiger partial charge < -0.3 is 15.0 Å². The number of carbonyl (C=O) groups excluding carboxylic acids is 1. The highest BCUT2D eigenvalue weighted by atomic mass is 16.5. The lowest BCUT2D eigenvalue weighted by Gasteiger charge is -2.39. The Hall–Kier alpha value is -2.40. The number of carbonyl (C=O) groups is 1. The maximum atomic E-state index is 13.0. The van der Waals surface area contributed by atoms with Crippen molar-refractivity contribution in [3.05, 3.63) is 65.5 Å². The first-order chi connectivity index (χ1) is 13.2. The van der Waals surface area contributed by atoms with E-state index in [2.05, 4.69) is 29.4 Å². The summed E-state index contributed by atoms with van der Waals surface area (Å²) in [5.41, 5.74) is 3.35. The van der Waals surface area contributed by atoms with Crippen molar-refractivity contribution < 1.29 is 9.53 Å². The van der Waals surface area contributed by atoms with E-state index in [1.165, 1.54) is 0 Å². The zero-order valence-corrected chi connectivity index (χ0v) is 15.9. The van der Waals surface area contributed by atoms with Gasteiger partial charge in [-0.3, -0.25) is 4.98 Å². The van der Waals surface area contributed by atoms with Crippen LogP contribution in [0, 0.1) is 6.92 Å². The molecule has 1 aromatic carbocycles. The summed E-state index contributed by atoms with van der Waals surface area (Å²) in [6, 6.07) is 12.0. The highest BCUT2D eigenvalue weighted by molar-refractivity contribution is 5.75. The van der Waals surface area contributed by atoms with Crippen LogP contribution >= 0.6 is 0 Å². The maximum absolute atomic E-state index is 13.0. The van der Waals surface area contributed by atoms with E-state index in [9.17, 15) is 4.79 Å². The van der Waals surface area contributed by atoms with Gasteiger partial charge in [0.2, 0.25) is 0 Å². The second kappa shape index (κ2) is 7.69. The Kier molecular flexibility index (Phi) is 5.12. The van der Waals surface area contributed by atoms with E-state index in [4.69, 9.17) is 4.74 Å². The largest absolute Gasteiger partial charge is 0.375 e. The van der Waals surface area contributed by atoms with Gasteiger partial charge in [0.1, 0.15) is 0 Å². The summed E-state index contributed by atoms with van der Waals surface area (Å²) in [6.07, 6.45) is 7.69. The molecule has 4 rings (SSSR count). The molecule has 2 amide bonds. The summed E-state index contributed by atoms with van der Waals surface area (Å²) >= 11 is 0. The molecule has 0 bridgehead atoms. The van der Waals surface area contributed by atoms with Crippen LogP contribution in [0.2, 0.25) is 0 Å². The van der Waals surface area contributed by atoms with Gasteiger partial charge in [-0.05, 0) is 61.4 Å². The molecule has 2 aliphatic rings. The molecular weight excluding hydrogens is 338 g/mol. The number of urea groups is 1. The van der Waals surface area contributed by atoms with Gasteiger partial charge in [-0.2, -0.15) is 0 Å². The van der Waals surface area contributed by atoms with Gasteiger partial charge in [-0.1, -0.05) is 24.3 Å². The van der Waals surface area contributed by atoms with Crippen LogP contribution in [0.5, 0.6) is 0 Å². The van der Waals surface area contributed by atoms with Gasteiger partial charge in [0.15, 0.2) is 0 Å². The van der Waals surface area contributed by atoms with E-state index < -0.39 is 0 Å². The van der Waals surface area contributed by atoms with E-state index in [-0.39, 0.29) is 17.7 Å². The molecule has 5 nitrogen and oxygen atoms in total. The second-order valence-corrected chi connectivity index (χ2v) is 7.64. The standard InChI is InChI=1S/C22H27N3O2/c1-17-5-2-3-6-19(17)20(18-7-12-23-13-8-18)24-21(26)25-14-10-22(11-15-25)9-4-16-27-22/h2-3,5-8,12-13,20H,4,9-11,14-16H2,1H3,(H,24,26)/t20-/m1/s1. The third kappa shape index (κ3) is 3.83. The molecule has 0 saturated carbocycles. The average Bonchev–Trinajstić information content (AvgIpc) is 3.16. The fraction of sp³-hybridized carbons (Fsp3) is 0.455. The zero-order chi connectivity index (χ0) is 18.7. The third-order valence-electron chi connectivity index (χ3n) is 5.95. The van der Waals surface area contributed by atoms with E-state index in [1.54, 1.807) is 12.4 Å². The maximum Gasteiger partial charge on any atom is 0.318 e. The predicted molar refractivity (Wildman–Crippen MR) is 105 cm³/mol. The van der Waals surface area contributed by atoms with Gasteiger partial charge >= 0.3 is 6.03 Å². The number of hydrogen-bond donors (Lipinski definition) is 1. The van der Waals surface area contributed by atoms with Crippen LogP contribution in [-0.4, -0.2) is 41.2 Å². The van der Waals surface area contributed by atoms with Crippen molar-refractivity contribution in [2.24, 2.45) is 0 Å². The number of rotatable bonds is 3. The van der Waals surface area contributed by atoms with Crippen LogP contribution in [0.25, 0.3) is 0 Å². The molecule has 2 aliphatic heterocycles. The second-order valence-electron chi connectivity index (χ2n) is 7.64. The number of hydrogen-bond acceptors (Lipinski definition) is 3. The Bertz CT molecular complexity index is 777. The topological polar surface area (TPSA) is 54.5 Å². The van der Waals surface area contributed by atoms with Crippen molar-refractivity contribution in [1.29, 1.82) is 0 Å². The van der Waals surface area contributed by atoms with Crippen LogP contribution in [0.1, 0.15) is 48.4 Å². The van der Waals surface area contributed by atoms with Crippen molar-refractivity contribution in [3.63, 3.8) is 0 Å². The molecule has 0 aliphatic carbocycles. The summed E-state index contributed by atoms with van der Waals surface area (Å²) in [5, 5.41) is 3.26. The SMILES string of the molecule is Cc1ccccc1[C@H](NC(=O)N1CCC2(CCCO2)CC1)c1ccncc1. The molecule has 3 heterocycles. The molecule has 2 aromatic rings. The normalized spacial score (nSPS) is 19.8. The molecule has 1 N–H and O–H groups in total. The number of benzene rings is 1. The lowest BCUT2D eigenvalue weighted by atomic mass is 9.89. The first kappa shape index (κ1) is 18.0. The molecule has 0 radical (unpaired) electrons. The third-order valence-corrected chi connectivity index (χ3v) is 5.95. The highest BCUT2D eigenvalue weighted by Crippen LogP contribution is 2.35. The molecule has 2 fully saturated rings. The van der Waals surface area contributed by atoms with Gasteiger partial charge in [0.25, 0.3) is 0 Å². The molecule has 1 spiro atoms. The Morgan fingerprint density at radius 3 is 2.56 bits per heavy atom. The minimum atomic E-state index is -0.180. The minimum Gasteiger partial charge on any atom is -0.375 e. The van der Waals surface area contributed by atoms with Gasteiger partial charge in [0, 0.05) is 32.1 Å². The first-order valence-corrected chi connectivity index (χ1v) is 9.82. The average molecular weight is 365 g/mol. The van der Waals surface area contributed by atoms with E-state index >= 15 is 0 Å². The summed E-state index contributed by atoms with van der Waals surface area (Å²) in [5.74, 6) is 0. The summed E-state index contributed by atoms with van der Waals surface area (Å²) in [7, 11) is 0. The molecule has 27 heavy (non-hydrogen) atoms. The van der Waals surface area contributed by atoms with Crippen molar-refractivity contribution in [3.8, 4) is 0 Å². The summed E-state index contributed by atoms with van der Waals surface area (Å²) < 4.78 is 5.98. The number of likely N-dealkylation sites (tertiary alicyclic amines) is 1. The predicted octanol–water partition coefficient (Wildman–Crippen LogP) is 3.83.